The lowest BCUT2D eigenvalue weighted by Crippen LogP contribution is -2.12. The Morgan fingerprint density at radius 2 is 2.30 bits per heavy atom. The minimum absolute atomic E-state index is 0.151. The Morgan fingerprint density at radius 3 is 2.90 bits per heavy atom. The highest BCUT2D eigenvalue weighted by atomic mass is 79.9. The fourth-order valence-corrected chi connectivity index (χ4v) is 1.95. The van der Waals surface area contributed by atoms with Gasteiger partial charge in [0.15, 0.2) is 11.5 Å². The zero-order valence-corrected chi connectivity index (χ0v) is 12.9. The van der Waals surface area contributed by atoms with E-state index in [0.29, 0.717) is 22.6 Å². The van der Waals surface area contributed by atoms with Crippen LogP contribution in [0.4, 0.5) is 0 Å². The summed E-state index contributed by atoms with van der Waals surface area (Å²) in [5.74, 6) is 3.26. The number of ether oxygens (including phenoxy) is 2. The molecule has 6 heteroatoms. The van der Waals surface area contributed by atoms with E-state index in [2.05, 4.69) is 32.4 Å². The van der Waals surface area contributed by atoms with E-state index < -0.39 is 0 Å². The van der Waals surface area contributed by atoms with Crippen molar-refractivity contribution in [3.63, 3.8) is 0 Å². The second kappa shape index (κ2) is 8.23. The standard InChI is InChI=1S/C14H15BrN2O3/c1-4-6-20-14-12(15)7-11(8-13(14)19-5-2)9-16-17-10(3)18/h1,7-9H,5-6H2,2-3H3,(H,17,18)/b16-9-. The summed E-state index contributed by atoms with van der Waals surface area (Å²) in [7, 11) is 0. The fraction of sp³-hybridized carbons (Fsp3) is 0.286. The lowest BCUT2D eigenvalue weighted by Gasteiger charge is -2.13. The van der Waals surface area contributed by atoms with Crippen LogP contribution in [0.1, 0.15) is 19.4 Å². The van der Waals surface area contributed by atoms with Gasteiger partial charge in [-0.2, -0.15) is 5.10 Å². The molecule has 0 heterocycles. The first-order valence-electron chi connectivity index (χ1n) is 5.90. The predicted octanol–water partition coefficient (Wildman–Crippen LogP) is 2.33. The van der Waals surface area contributed by atoms with Gasteiger partial charge in [-0.1, -0.05) is 5.92 Å². The molecule has 0 bridgehead atoms. The van der Waals surface area contributed by atoms with Gasteiger partial charge in [-0.25, -0.2) is 5.43 Å². The maximum Gasteiger partial charge on any atom is 0.236 e. The van der Waals surface area contributed by atoms with Crippen molar-refractivity contribution >= 4 is 28.1 Å². The molecule has 1 amide bonds. The predicted molar refractivity (Wildman–Crippen MR) is 81.0 cm³/mol. The van der Waals surface area contributed by atoms with Crippen LogP contribution in [0.2, 0.25) is 0 Å². The monoisotopic (exact) mass is 338 g/mol. The molecule has 0 aliphatic heterocycles. The fourth-order valence-electron chi connectivity index (χ4n) is 1.38. The van der Waals surface area contributed by atoms with Crippen molar-refractivity contribution in [1.82, 2.24) is 5.43 Å². The van der Waals surface area contributed by atoms with Gasteiger partial charge >= 0.3 is 0 Å². The molecule has 5 nitrogen and oxygen atoms in total. The summed E-state index contributed by atoms with van der Waals surface area (Å²) in [5, 5.41) is 3.80. The molecule has 1 aromatic rings. The topological polar surface area (TPSA) is 59.9 Å². The molecule has 106 valence electrons. The quantitative estimate of drug-likeness (QED) is 0.492. The third kappa shape index (κ3) is 4.94. The molecular formula is C14H15BrN2O3. The maximum atomic E-state index is 10.7. The van der Waals surface area contributed by atoms with E-state index in [0.717, 1.165) is 5.56 Å². The number of hydrazone groups is 1. The second-order valence-electron chi connectivity index (χ2n) is 3.68. The van der Waals surface area contributed by atoms with Crippen LogP contribution in [0.3, 0.4) is 0 Å². The lowest BCUT2D eigenvalue weighted by molar-refractivity contribution is -0.118. The highest BCUT2D eigenvalue weighted by Crippen LogP contribution is 2.36. The zero-order chi connectivity index (χ0) is 15.0. The van der Waals surface area contributed by atoms with E-state index in [1.807, 2.05) is 6.92 Å². The molecule has 0 radical (unpaired) electrons. The zero-order valence-electron chi connectivity index (χ0n) is 11.3. The molecule has 0 saturated carbocycles. The van der Waals surface area contributed by atoms with E-state index in [9.17, 15) is 4.79 Å². The number of carbonyl (C=O) groups excluding carboxylic acids is 1. The Hall–Kier alpha value is -2.00. The van der Waals surface area contributed by atoms with Gasteiger partial charge < -0.3 is 9.47 Å². The number of amides is 1. The average Bonchev–Trinajstić information content (AvgIpc) is 2.38. The average molecular weight is 339 g/mol. The molecule has 0 aliphatic rings. The van der Waals surface area contributed by atoms with E-state index in [1.165, 1.54) is 13.1 Å². The van der Waals surface area contributed by atoms with Gasteiger partial charge in [0.25, 0.3) is 0 Å². The van der Waals surface area contributed by atoms with Crippen LogP contribution in [-0.4, -0.2) is 25.3 Å². The van der Waals surface area contributed by atoms with E-state index in [4.69, 9.17) is 15.9 Å². The summed E-state index contributed by atoms with van der Waals surface area (Å²) >= 11 is 3.40. The molecule has 20 heavy (non-hydrogen) atoms. The molecule has 0 aliphatic carbocycles. The van der Waals surface area contributed by atoms with Gasteiger partial charge in [-0.05, 0) is 40.5 Å². The van der Waals surface area contributed by atoms with Gasteiger partial charge in [0, 0.05) is 6.92 Å². The van der Waals surface area contributed by atoms with Crippen molar-refractivity contribution < 1.29 is 14.3 Å². The smallest absolute Gasteiger partial charge is 0.236 e. The minimum atomic E-state index is -0.237. The minimum Gasteiger partial charge on any atom is -0.490 e. The van der Waals surface area contributed by atoms with Gasteiger partial charge in [-0.15, -0.1) is 6.42 Å². The number of terminal acetylenes is 1. The van der Waals surface area contributed by atoms with Crippen molar-refractivity contribution in [3.8, 4) is 23.8 Å². The first kappa shape index (κ1) is 16.1. The molecule has 1 aromatic carbocycles. The Bertz CT molecular complexity index is 550. The van der Waals surface area contributed by atoms with Gasteiger partial charge in [0.05, 0.1) is 17.3 Å². The Kier molecular flexibility index (Phi) is 6.60. The number of hydrogen-bond acceptors (Lipinski definition) is 4. The highest BCUT2D eigenvalue weighted by Gasteiger charge is 2.11. The summed E-state index contributed by atoms with van der Waals surface area (Å²) in [6, 6.07) is 3.55. The molecule has 0 spiro atoms. The number of carbonyl (C=O) groups is 1. The van der Waals surface area contributed by atoms with Crippen LogP contribution >= 0.6 is 15.9 Å². The second-order valence-corrected chi connectivity index (χ2v) is 4.54. The maximum absolute atomic E-state index is 10.7. The first-order chi connectivity index (χ1) is 9.58. The third-order valence-electron chi connectivity index (χ3n) is 2.07. The van der Waals surface area contributed by atoms with E-state index in [1.54, 1.807) is 12.1 Å². The lowest BCUT2D eigenvalue weighted by atomic mass is 10.2. The van der Waals surface area contributed by atoms with Gasteiger partial charge in [-0.3, -0.25) is 4.79 Å². The van der Waals surface area contributed by atoms with Crippen LogP contribution in [0.15, 0.2) is 21.7 Å². The van der Waals surface area contributed by atoms with Gasteiger partial charge in [0.1, 0.15) is 6.61 Å². The summed E-state index contributed by atoms with van der Waals surface area (Å²) in [6.45, 7) is 3.90. The Morgan fingerprint density at radius 1 is 1.55 bits per heavy atom. The number of hydrogen-bond donors (Lipinski definition) is 1. The number of rotatable bonds is 6. The number of nitrogens with one attached hydrogen (secondary N) is 1. The molecule has 1 N–H and O–H groups in total. The van der Waals surface area contributed by atoms with Crippen LogP contribution in [-0.2, 0) is 4.79 Å². The number of halogens is 1. The van der Waals surface area contributed by atoms with E-state index in [-0.39, 0.29) is 12.5 Å². The van der Waals surface area contributed by atoms with Crippen LogP contribution in [0.25, 0.3) is 0 Å². The molecule has 0 unspecified atom stereocenters. The molecular weight excluding hydrogens is 324 g/mol. The number of nitrogens with zero attached hydrogens (tertiary/aromatic N) is 1. The molecule has 0 fully saturated rings. The Balaban J connectivity index is 3.03. The van der Waals surface area contributed by atoms with Crippen LogP contribution in [0.5, 0.6) is 11.5 Å². The summed E-state index contributed by atoms with van der Waals surface area (Å²) < 4.78 is 11.7. The van der Waals surface area contributed by atoms with Crippen molar-refractivity contribution in [2.24, 2.45) is 5.10 Å². The van der Waals surface area contributed by atoms with Crippen molar-refractivity contribution in [3.05, 3.63) is 22.2 Å². The summed E-state index contributed by atoms with van der Waals surface area (Å²) in [6.07, 6.45) is 6.70. The normalized spacial score (nSPS) is 10.1. The van der Waals surface area contributed by atoms with Crippen molar-refractivity contribution in [1.29, 1.82) is 0 Å². The summed E-state index contributed by atoms with van der Waals surface area (Å²) in [5.41, 5.74) is 3.08. The van der Waals surface area contributed by atoms with Crippen molar-refractivity contribution in [2.75, 3.05) is 13.2 Å². The highest BCUT2D eigenvalue weighted by molar-refractivity contribution is 9.10. The number of benzene rings is 1. The first-order valence-corrected chi connectivity index (χ1v) is 6.70. The molecule has 0 atom stereocenters. The van der Waals surface area contributed by atoms with E-state index >= 15 is 0 Å². The van der Waals surface area contributed by atoms with Crippen LogP contribution < -0.4 is 14.9 Å². The van der Waals surface area contributed by atoms with Crippen LogP contribution in [0, 0.1) is 12.3 Å². The molecule has 0 aromatic heterocycles. The third-order valence-corrected chi connectivity index (χ3v) is 2.66. The SMILES string of the molecule is C#CCOc1c(Br)cc(/C=N\NC(C)=O)cc1OCC. The molecule has 0 saturated heterocycles. The molecule has 1 rings (SSSR count). The largest absolute Gasteiger partial charge is 0.490 e. The Labute approximate surface area is 126 Å². The van der Waals surface area contributed by atoms with Crippen molar-refractivity contribution in [2.45, 2.75) is 13.8 Å². The van der Waals surface area contributed by atoms with Gasteiger partial charge in [0.2, 0.25) is 5.91 Å². The summed E-state index contributed by atoms with van der Waals surface area (Å²) in [4.78, 5) is 10.7.